The van der Waals surface area contributed by atoms with E-state index in [1.807, 2.05) is 29.7 Å². The minimum atomic E-state index is -0.111. The Hall–Kier alpha value is -2.84. The van der Waals surface area contributed by atoms with E-state index in [4.69, 9.17) is 4.98 Å². The van der Waals surface area contributed by atoms with Crippen molar-refractivity contribution in [1.29, 1.82) is 0 Å². The van der Waals surface area contributed by atoms with Crippen LogP contribution in [0.1, 0.15) is 56.2 Å². The molecule has 3 fully saturated rings. The van der Waals surface area contributed by atoms with Gasteiger partial charge in [-0.1, -0.05) is 19.1 Å². The second kappa shape index (κ2) is 10.1. The fourth-order valence-corrected chi connectivity index (χ4v) is 6.20. The molecule has 3 aromatic rings. The maximum atomic E-state index is 14.0. The lowest BCUT2D eigenvalue weighted by Crippen LogP contribution is -2.59. The highest BCUT2D eigenvalue weighted by Crippen LogP contribution is 2.37. The van der Waals surface area contributed by atoms with Crippen molar-refractivity contribution in [3.63, 3.8) is 0 Å². The fourth-order valence-electron chi connectivity index (χ4n) is 6.20. The smallest absolute Gasteiger partial charge is 0.264 e. The second-order valence-electron chi connectivity index (χ2n) is 11.0. The van der Waals surface area contributed by atoms with Crippen LogP contribution in [0.5, 0.6) is 0 Å². The Kier molecular flexibility index (Phi) is 6.71. The van der Waals surface area contributed by atoms with Crippen LogP contribution >= 0.6 is 0 Å². The van der Waals surface area contributed by atoms with E-state index in [-0.39, 0.29) is 17.4 Å². The Balaban J connectivity index is 1.14. The van der Waals surface area contributed by atoms with Crippen molar-refractivity contribution >= 4 is 17.0 Å². The molecule has 1 saturated carbocycles. The molecular weight excluding hydrogens is 467 g/mol. The SMILES string of the molecule is CC[C@H]1CN(c2nc3ncccc3c(=O)n2C2CC2)CCN1C1CCN(Cc2ccc(C)c(F)c2)CC1. The van der Waals surface area contributed by atoms with Gasteiger partial charge >= 0.3 is 0 Å². The Morgan fingerprint density at radius 2 is 1.84 bits per heavy atom. The second-order valence-corrected chi connectivity index (χ2v) is 11.0. The van der Waals surface area contributed by atoms with Gasteiger partial charge in [-0.2, -0.15) is 4.98 Å². The molecule has 0 radical (unpaired) electrons. The van der Waals surface area contributed by atoms with Crippen LogP contribution in [0.25, 0.3) is 11.0 Å². The molecule has 2 saturated heterocycles. The molecular formula is C29H37FN6O. The van der Waals surface area contributed by atoms with Crippen LogP contribution in [0.4, 0.5) is 10.3 Å². The molecule has 0 bridgehead atoms. The van der Waals surface area contributed by atoms with Crippen molar-refractivity contribution in [2.45, 2.75) is 70.6 Å². The number of halogens is 1. The number of hydrogen-bond acceptors (Lipinski definition) is 6. The highest BCUT2D eigenvalue weighted by Gasteiger charge is 2.36. The van der Waals surface area contributed by atoms with Gasteiger partial charge in [-0.3, -0.25) is 19.2 Å². The summed E-state index contributed by atoms with van der Waals surface area (Å²) in [5, 5.41) is 0.615. The van der Waals surface area contributed by atoms with Gasteiger partial charge < -0.3 is 4.90 Å². The number of fused-ring (bicyclic) bond motifs is 1. The summed E-state index contributed by atoms with van der Waals surface area (Å²) >= 11 is 0. The molecule has 2 aliphatic heterocycles. The van der Waals surface area contributed by atoms with Crippen LogP contribution in [0.3, 0.4) is 0 Å². The van der Waals surface area contributed by atoms with Gasteiger partial charge in [0, 0.05) is 50.5 Å². The molecule has 1 aliphatic carbocycles. The molecule has 7 nitrogen and oxygen atoms in total. The van der Waals surface area contributed by atoms with Crippen LogP contribution in [-0.4, -0.2) is 69.1 Å². The topological polar surface area (TPSA) is 57.5 Å². The minimum Gasteiger partial charge on any atom is -0.339 e. The van der Waals surface area contributed by atoms with Gasteiger partial charge in [-0.05, 0) is 81.4 Å². The first kappa shape index (κ1) is 24.5. The maximum absolute atomic E-state index is 14.0. The lowest BCUT2D eigenvalue weighted by atomic mass is 9.98. The molecule has 6 rings (SSSR count). The number of rotatable bonds is 6. The van der Waals surface area contributed by atoms with Crippen LogP contribution in [0.15, 0.2) is 41.3 Å². The number of likely N-dealkylation sites (tertiary alicyclic amines) is 1. The van der Waals surface area contributed by atoms with Gasteiger partial charge in [0.25, 0.3) is 5.56 Å². The largest absolute Gasteiger partial charge is 0.339 e. The summed E-state index contributed by atoms with van der Waals surface area (Å²) in [6.45, 7) is 9.71. The van der Waals surface area contributed by atoms with Crippen molar-refractivity contribution in [3.05, 3.63) is 63.8 Å². The van der Waals surface area contributed by atoms with E-state index in [2.05, 4.69) is 32.7 Å². The third-order valence-corrected chi connectivity index (χ3v) is 8.52. The first-order chi connectivity index (χ1) is 18.0. The van der Waals surface area contributed by atoms with Crippen molar-refractivity contribution < 1.29 is 4.39 Å². The standard InChI is InChI=1S/C29H37FN6O/c1-3-22-19-34(29-32-27-25(5-4-12-31-27)28(37)36(29)24-8-9-24)15-16-35(22)23-10-13-33(14-11-23)18-21-7-6-20(2)26(30)17-21/h4-7,12,17,22-24H,3,8-11,13-16,18-19H2,1-2H3/t22-/m0/s1. The monoisotopic (exact) mass is 504 g/mol. The van der Waals surface area contributed by atoms with E-state index in [0.29, 0.717) is 28.7 Å². The highest BCUT2D eigenvalue weighted by molar-refractivity contribution is 5.74. The molecule has 4 heterocycles. The zero-order chi connectivity index (χ0) is 25.5. The fraction of sp³-hybridized carbons (Fsp3) is 0.552. The zero-order valence-corrected chi connectivity index (χ0v) is 21.9. The molecule has 196 valence electrons. The number of piperidine rings is 1. The molecule has 0 N–H and O–H groups in total. The lowest BCUT2D eigenvalue weighted by Gasteiger charge is -2.47. The van der Waals surface area contributed by atoms with Gasteiger partial charge in [-0.15, -0.1) is 0 Å². The summed E-state index contributed by atoms with van der Waals surface area (Å²) in [7, 11) is 0. The molecule has 1 aromatic carbocycles. The van der Waals surface area contributed by atoms with Crippen molar-refractivity contribution in [2.24, 2.45) is 0 Å². The number of anilines is 1. The Morgan fingerprint density at radius 1 is 1.03 bits per heavy atom. The van der Waals surface area contributed by atoms with Crippen molar-refractivity contribution in [1.82, 2.24) is 24.3 Å². The molecule has 0 unspecified atom stereocenters. The number of hydrogen-bond donors (Lipinski definition) is 0. The first-order valence-corrected chi connectivity index (χ1v) is 13.9. The summed E-state index contributed by atoms with van der Waals surface area (Å²) in [6, 6.07) is 10.5. The van der Waals surface area contributed by atoms with Crippen LogP contribution < -0.4 is 10.5 Å². The number of aromatic nitrogens is 3. The van der Waals surface area contributed by atoms with Crippen molar-refractivity contribution in [2.75, 3.05) is 37.6 Å². The normalized spacial score (nSPS) is 22.1. The quantitative estimate of drug-likeness (QED) is 0.503. The van der Waals surface area contributed by atoms with E-state index in [1.165, 1.54) is 0 Å². The molecule has 0 amide bonds. The highest BCUT2D eigenvalue weighted by atomic mass is 19.1. The summed E-state index contributed by atoms with van der Waals surface area (Å²) in [6.07, 6.45) is 7.15. The third-order valence-electron chi connectivity index (χ3n) is 8.52. The summed E-state index contributed by atoms with van der Waals surface area (Å²) in [4.78, 5) is 30.2. The first-order valence-electron chi connectivity index (χ1n) is 13.9. The van der Waals surface area contributed by atoms with E-state index >= 15 is 0 Å². The average molecular weight is 505 g/mol. The molecule has 1 atom stereocenters. The average Bonchev–Trinajstić information content (AvgIpc) is 3.76. The number of benzene rings is 1. The Bertz CT molecular complexity index is 1330. The van der Waals surface area contributed by atoms with Gasteiger partial charge in [0.2, 0.25) is 5.95 Å². The summed E-state index contributed by atoms with van der Waals surface area (Å²) in [5.74, 6) is 0.691. The molecule has 37 heavy (non-hydrogen) atoms. The number of piperazine rings is 1. The van der Waals surface area contributed by atoms with Gasteiger partial charge in [-0.25, -0.2) is 9.37 Å². The van der Waals surface area contributed by atoms with Gasteiger partial charge in [0.05, 0.1) is 5.39 Å². The zero-order valence-electron chi connectivity index (χ0n) is 21.9. The van der Waals surface area contributed by atoms with Crippen LogP contribution in [0.2, 0.25) is 0 Å². The van der Waals surface area contributed by atoms with E-state index < -0.39 is 0 Å². The molecule has 2 aromatic heterocycles. The maximum Gasteiger partial charge on any atom is 0.264 e. The number of aryl methyl sites for hydroxylation is 1. The number of nitrogens with zero attached hydrogens (tertiary/aromatic N) is 6. The Morgan fingerprint density at radius 3 is 2.57 bits per heavy atom. The summed E-state index contributed by atoms with van der Waals surface area (Å²) < 4.78 is 15.9. The van der Waals surface area contributed by atoms with Crippen molar-refractivity contribution in [3.8, 4) is 0 Å². The Labute approximate surface area is 217 Å². The summed E-state index contributed by atoms with van der Waals surface area (Å²) in [5.41, 5.74) is 2.36. The van der Waals surface area contributed by atoms with Crippen LogP contribution in [-0.2, 0) is 6.54 Å². The predicted molar refractivity (Wildman–Crippen MR) is 145 cm³/mol. The van der Waals surface area contributed by atoms with E-state index in [0.717, 1.165) is 82.9 Å². The molecule has 3 aliphatic rings. The van der Waals surface area contributed by atoms with Gasteiger partial charge in [0.15, 0.2) is 5.65 Å². The van der Waals surface area contributed by atoms with E-state index in [9.17, 15) is 9.18 Å². The van der Waals surface area contributed by atoms with E-state index in [1.54, 1.807) is 12.3 Å². The molecule has 8 heteroatoms. The number of pyridine rings is 1. The lowest BCUT2D eigenvalue weighted by molar-refractivity contribution is 0.0607. The third kappa shape index (κ3) is 4.89. The van der Waals surface area contributed by atoms with Gasteiger partial charge in [0.1, 0.15) is 5.82 Å². The van der Waals surface area contributed by atoms with Crippen LogP contribution in [0, 0.1) is 12.7 Å². The minimum absolute atomic E-state index is 0.0481. The molecule has 0 spiro atoms. The predicted octanol–water partition coefficient (Wildman–Crippen LogP) is 4.14.